The number of piperazine rings is 1. The zero-order valence-corrected chi connectivity index (χ0v) is 19.8. The number of likely N-dealkylation sites (N-methyl/N-ethyl adjacent to an activating group) is 1. The molecule has 1 amide bonds. The SMILES string of the molecule is CCN1CCN(C(=O)CN(Cc2ccccc2)S(=O)(=O)c2c(C)cc(C)cc2C)CC1. The lowest BCUT2D eigenvalue weighted by molar-refractivity contribution is -0.133. The van der Waals surface area contributed by atoms with Crippen LogP contribution >= 0.6 is 0 Å². The highest BCUT2D eigenvalue weighted by Crippen LogP contribution is 2.26. The van der Waals surface area contributed by atoms with E-state index in [1.165, 1.54) is 4.31 Å². The molecule has 0 radical (unpaired) electrons. The van der Waals surface area contributed by atoms with E-state index in [0.29, 0.717) is 29.1 Å². The minimum Gasteiger partial charge on any atom is -0.339 e. The van der Waals surface area contributed by atoms with E-state index in [1.54, 1.807) is 4.90 Å². The quantitative estimate of drug-likeness (QED) is 0.660. The molecule has 6 nitrogen and oxygen atoms in total. The van der Waals surface area contributed by atoms with Crippen molar-refractivity contribution in [2.24, 2.45) is 0 Å². The Morgan fingerprint density at radius 2 is 1.55 bits per heavy atom. The summed E-state index contributed by atoms with van der Waals surface area (Å²) in [6.07, 6.45) is 0. The highest BCUT2D eigenvalue weighted by molar-refractivity contribution is 7.89. The van der Waals surface area contributed by atoms with Crippen molar-refractivity contribution in [1.29, 1.82) is 0 Å². The molecule has 0 atom stereocenters. The topological polar surface area (TPSA) is 60.9 Å². The van der Waals surface area contributed by atoms with Gasteiger partial charge in [0.05, 0.1) is 11.4 Å². The van der Waals surface area contributed by atoms with Crippen molar-refractivity contribution in [3.05, 3.63) is 64.7 Å². The van der Waals surface area contributed by atoms with Gasteiger partial charge >= 0.3 is 0 Å². The van der Waals surface area contributed by atoms with E-state index in [4.69, 9.17) is 0 Å². The Bertz CT molecular complexity index is 991. The van der Waals surface area contributed by atoms with Crippen LogP contribution in [0.1, 0.15) is 29.2 Å². The molecular formula is C24H33N3O3S. The summed E-state index contributed by atoms with van der Waals surface area (Å²) in [5.41, 5.74) is 3.30. The first kappa shape index (κ1) is 23.4. The highest BCUT2D eigenvalue weighted by Gasteiger charge is 2.32. The molecule has 1 fully saturated rings. The number of aryl methyl sites for hydroxylation is 3. The van der Waals surface area contributed by atoms with E-state index < -0.39 is 10.0 Å². The van der Waals surface area contributed by atoms with Gasteiger partial charge in [-0.25, -0.2) is 8.42 Å². The number of hydrogen-bond acceptors (Lipinski definition) is 4. The second-order valence-corrected chi connectivity index (χ2v) is 10.2. The monoisotopic (exact) mass is 443 g/mol. The highest BCUT2D eigenvalue weighted by atomic mass is 32.2. The molecule has 1 aliphatic rings. The van der Waals surface area contributed by atoms with Crippen LogP contribution in [0.2, 0.25) is 0 Å². The summed E-state index contributed by atoms with van der Waals surface area (Å²) in [6, 6.07) is 13.2. The molecule has 0 aromatic heterocycles. The fourth-order valence-electron chi connectivity index (χ4n) is 4.28. The molecule has 0 N–H and O–H groups in total. The fraction of sp³-hybridized carbons (Fsp3) is 0.458. The standard InChI is InChI=1S/C24H33N3O3S/c1-5-25-11-13-26(14-12-25)23(28)18-27(17-22-9-7-6-8-10-22)31(29,30)24-20(3)15-19(2)16-21(24)4/h6-10,15-16H,5,11-14,17-18H2,1-4H3. The molecule has 0 bridgehead atoms. The van der Waals surface area contributed by atoms with Gasteiger partial charge in [-0.3, -0.25) is 4.79 Å². The zero-order valence-electron chi connectivity index (χ0n) is 19.0. The lowest BCUT2D eigenvalue weighted by atomic mass is 10.1. The normalized spacial score (nSPS) is 15.5. The van der Waals surface area contributed by atoms with Crippen LogP contribution < -0.4 is 0 Å². The second kappa shape index (κ2) is 9.94. The molecule has 3 rings (SSSR count). The molecule has 31 heavy (non-hydrogen) atoms. The number of amides is 1. The van der Waals surface area contributed by atoms with Crippen LogP contribution in [-0.4, -0.2) is 67.7 Å². The summed E-state index contributed by atoms with van der Waals surface area (Å²) in [7, 11) is -3.85. The van der Waals surface area contributed by atoms with E-state index >= 15 is 0 Å². The van der Waals surface area contributed by atoms with Crippen LogP contribution in [0.3, 0.4) is 0 Å². The van der Waals surface area contributed by atoms with E-state index in [9.17, 15) is 13.2 Å². The van der Waals surface area contributed by atoms with E-state index in [2.05, 4.69) is 11.8 Å². The number of benzene rings is 2. The van der Waals surface area contributed by atoms with E-state index in [1.807, 2.05) is 63.2 Å². The Balaban J connectivity index is 1.90. The maximum absolute atomic E-state index is 13.8. The van der Waals surface area contributed by atoms with Crippen LogP contribution in [0.4, 0.5) is 0 Å². The largest absolute Gasteiger partial charge is 0.339 e. The number of nitrogens with zero attached hydrogens (tertiary/aromatic N) is 3. The first-order valence-electron chi connectivity index (χ1n) is 10.8. The maximum Gasteiger partial charge on any atom is 0.244 e. The van der Waals surface area contributed by atoms with Crippen molar-refractivity contribution >= 4 is 15.9 Å². The zero-order chi connectivity index (χ0) is 22.6. The summed E-state index contributed by atoms with van der Waals surface area (Å²) in [5, 5.41) is 0. The summed E-state index contributed by atoms with van der Waals surface area (Å²) in [6.45, 7) is 11.6. The molecule has 1 aliphatic heterocycles. The average molecular weight is 444 g/mol. The van der Waals surface area contributed by atoms with Crippen molar-refractivity contribution in [2.75, 3.05) is 39.3 Å². The first-order chi connectivity index (χ1) is 14.7. The lowest BCUT2D eigenvalue weighted by Crippen LogP contribution is -2.51. The van der Waals surface area contributed by atoms with Crippen molar-refractivity contribution in [3.8, 4) is 0 Å². The average Bonchev–Trinajstić information content (AvgIpc) is 2.73. The summed E-state index contributed by atoms with van der Waals surface area (Å²) >= 11 is 0. The van der Waals surface area contributed by atoms with Crippen LogP contribution in [0.5, 0.6) is 0 Å². The smallest absolute Gasteiger partial charge is 0.244 e. The van der Waals surface area contributed by atoms with Crippen molar-refractivity contribution in [2.45, 2.75) is 39.1 Å². The van der Waals surface area contributed by atoms with E-state index in [-0.39, 0.29) is 19.0 Å². The Kier molecular flexibility index (Phi) is 7.51. The molecular weight excluding hydrogens is 410 g/mol. The maximum atomic E-state index is 13.8. The summed E-state index contributed by atoms with van der Waals surface area (Å²) < 4.78 is 28.8. The molecule has 0 unspecified atom stereocenters. The Morgan fingerprint density at radius 1 is 0.968 bits per heavy atom. The number of carbonyl (C=O) groups is 1. The number of carbonyl (C=O) groups excluding carboxylic acids is 1. The van der Waals surface area contributed by atoms with Crippen LogP contribution in [-0.2, 0) is 21.4 Å². The van der Waals surface area contributed by atoms with Crippen LogP contribution in [0.25, 0.3) is 0 Å². The fourth-order valence-corrected chi connectivity index (χ4v) is 6.07. The Morgan fingerprint density at radius 3 is 2.10 bits per heavy atom. The van der Waals surface area contributed by atoms with Gasteiger partial charge in [-0.05, 0) is 44.0 Å². The van der Waals surface area contributed by atoms with Crippen molar-refractivity contribution in [3.63, 3.8) is 0 Å². The second-order valence-electron chi connectivity index (χ2n) is 8.30. The van der Waals surface area contributed by atoms with Crippen molar-refractivity contribution < 1.29 is 13.2 Å². The minimum atomic E-state index is -3.85. The van der Waals surface area contributed by atoms with Gasteiger partial charge in [0.1, 0.15) is 0 Å². The first-order valence-corrected chi connectivity index (χ1v) is 12.3. The molecule has 2 aromatic rings. The number of rotatable bonds is 7. The van der Waals surface area contributed by atoms with Gasteiger partial charge in [-0.2, -0.15) is 4.31 Å². The molecule has 0 saturated carbocycles. The molecule has 1 saturated heterocycles. The van der Waals surface area contributed by atoms with Gasteiger partial charge in [0.2, 0.25) is 15.9 Å². The molecule has 2 aromatic carbocycles. The third kappa shape index (κ3) is 5.53. The molecule has 0 aliphatic carbocycles. The third-order valence-corrected chi connectivity index (χ3v) is 7.99. The van der Waals surface area contributed by atoms with E-state index in [0.717, 1.165) is 30.8 Å². The van der Waals surface area contributed by atoms with Crippen LogP contribution in [0.15, 0.2) is 47.4 Å². The van der Waals surface area contributed by atoms with Gasteiger partial charge in [0.25, 0.3) is 0 Å². The number of hydrogen-bond donors (Lipinski definition) is 0. The number of sulfonamides is 1. The molecule has 7 heteroatoms. The summed E-state index contributed by atoms with van der Waals surface area (Å²) in [4.78, 5) is 17.5. The van der Waals surface area contributed by atoms with Gasteiger partial charge in [-0.1, -0.05) is 55.0 Å². The predicted octanol–water partition coefficient (Wildman–Crippen LogP) is 2.97. The van der Waals surface area contributed by atoms with Crippen LogP contribution in [0, 0.1) is 20.8 Å². The molecule has 168 valence electrons. The van der Waals surface area contributed by atoms with Gasteiger partial charge in [0.15, 0.2) is 0 Å². The molecule has 0 spiro atoms. The Hall–Kier alpha value is -2.22. The van der Waals surface area contributed by atoms with Gasteiger partial charge in [-0.15, -0.1) is 0 Å². The minimum absolute atomic E-state index is 0.141. The lowest BCUT2D eigenvalue weighted by Gasteiger charge is -2.35. The van der Waals surface area contributed by atoms with Crippen molar-refractivity contribution in [1.82, 2.24) is 14.1 Å². The van der Waals surface area contributed by atoms with Gasteiger partial charge in [0, 0.05) is 32.7 Å². The Labute approximate surface area is 186 Å². The molecule has 1 heterocycles. The predicted molar refractivity (Wildman–Crippen MR) is 123 cm³/mol. The van der Waals surface area contributed by atoms with Gasteiger partial charge < -0.3 is 9.80 Å². The third-order valence-electron chi connectivity index (χ3n) is 5.89. The summed E-state index contributed by atoms with van der Waals surface area (Å²) in [5.74, 6) is -0.141.